The van der Waals surface area contributed by atoms with Crippen molar-refractivity contribution in [2.75, 3.05) is 13.2 Å². The van der Waals surface area contributed by atoms with E-state index in [4.69, 9.17) is 14.2 Å². The smallest absolute Gasteiger partial charge is 0.306 e. The molecule has 1 atom stereocenters. The molecule has 384 valence electrons. The lowest BCUT2D eigenvalue weighted by atomic mass is 10.0. The molecule has 0 aromatic heterocycles. The number of unbranched alkanes of at least 4 members (excludes halogenated alkanes) is 41. The Bertz CT molecular complexity index is 1010. The zero-order valence-corrected chi connectivity index (χ0v) is 44.0. The molecule has 0 aromatic rings. The van der Waals surface area contributed by atoms with Gasteiger partial charge in [-0.15, -0.1) is 0 Å². The summed E-state index contributed by atoms with van der Waals surface area (Å²) in [7, 11) is 0. The van der Waals surface area contributed by atoms with Crippen LogP contribution in [0, 0.1) is 0 Å². The summed E-state index contributed by atoms with van der Waals surface area (Å²) >= 11 is 0. The number of carbonyl (C=O) groups is 3. The fourth-order valence-electron chi connectivity index (χ4n) is 8.85. The van der Waals surface area contributed by atoms with Crippen molar-refractivity contribution in [1.82, 2.24) is 0 Å². The molecular weight excluding hydrogens is 805 g/mol. The van der Waals surface area contributed by atoms with E-state index in [0.717, 1.165) is 64.2 Å². The van der Waals surface area contributed by atoms with E-state index >= 15 is 0 Å². The first-order valence-electron chi connectivity index (χ1n) is 29.2. The Hall–Kier alpha value is -1.85. The second kappa shape index (κ2) is 54.8. The van der Waals surface area contributed by atoms with Gasteiger partial charge in [-0.25, -0.2) is 0 Å². The summed E-state index contributed by atoms with van der Waals surface area (Å²) in [5.41, 5.74) is 0. The van der Waals surface area contributed by atoms with Gasteiger partial charge in [-0.05, 0) is 44.9 Å². The van der Waals surface area contributed by atoms with Crippen molar-refractivity contribution in [2.24, 2.45) is 0 Å². The summed E-state index contributed by atoms with van der Waals surface area (Å²) in [6.07, 6.45) is 62.0. The standard InChI is InChI=1S/C59H112O6/c1-4-7-10-13-16-19-22-25-28-30-32-34-37-40-43-46-49-52-58(61)64-55-56(54-63-57(60)51-48-45-42-39-36-33-27-24-21-18-15-12-9-6-3)65-59(62)53-50-47-44-41-38-35-31-29-26-23-20-17-14-11-8-5-2/h24,27,56H,4-23,25-26,28-55H2,1-3H3/b27-24-. The van der Waals surface area contributed by atoms with E-state index in [2.05, 4.69) is 32.9 Å². The van der Waals surface area contributed by atoms with Gasteiger partial charge in [0.25, 0.3) is 0 Å². The summed E-state index contributed by atoms with van der Waals surface area (Å²) in [5.74, 6) is -0.850. The van der Waals surface area contributed by atoms with E-state index in [1.165, 1.54) is 225 Å². The maximum absolute atomic E-state index is 12.8. The highest BCUT2D eigenvalue weighted by Crippen LogP contribution is 2.17. The maximum Gasteiger partial charge on any atom is 0.306 e. The number of allylic oxidation sites excluding steroid dienone is 2. The normalized spacial score (nSPS) is 12.0. The van der Waals surface area contributed by atoms with Crippen LogP contribution in [0.15, 0.2) is 12.2 Å². The van der Waals surface area contributed by atoms with Gasteiger partial charge in [-0.1, -0.05) is 277 Å². The molecule has 0 aromatic carbocycles. The molecule has 0 spiro atoms. The lowest BCUT2D eigenvalue weighted by Crippen LogP contribution is -2.30. The van der Waals surface area contributed by atoms with Crippen LogP contribution in [0.1, 0.15) is 329 Å². The molecule has 0 aliphatic heterocycles. The van der Waals surface area contributed by atoms with Gasteiger partial charge in [-0.3, -0.25) is 14.4 Å². The second-order valence-corrected chi connectivity index (χ2v) is 19.9. The Morgan fingerprint density at radius 1 is 0.292 bits per heavy atom. The molecule has 0 N–H and O–H groups in total. The van der Waals surface area contributed by atoms with Crippen LogP contribution in [0.2, 0.25) is 0 Å². The number of ether oxygens (including phenoxy) is 3. The molecule has 0 saturated heterocycles. The quantitative estimate of drug-likeness (QED) is 0.0262. The van der Waals surface area contributed by atoms with Gasteiger partial charge in [0.2, 0.25) is 0 Å². The van der Waals surface area contributed by atoms with Crippen LogP contribution < -0.4 is 0 Å². The summed E-state index contributed by atoms with van der Waals surface area (Å²) in [6.45, 7) is 6.68. The predicted octanol–water partition coefficient (Wildman–Crippen LogP) is 19.3. The molecule has 0 heterocycles. The maximum atomic E-state index is 12.8. The van der Waals surface area contributed by atoms with Crippen LogP contribution in [-0.4, -0.2) is 37.2 Å². The lowest BCUT2D eigenvalue weighted by Gasteiger charge is -2.18. The molecule has 0 radical (unpaired) electrons. The molecule has 0 aliphatic carbocycles. The summed E-state index contributed by atoms with van der Waals surface area (Å²) in [6, 6.07) is 0. The van der Waals surface area contributed by atoms with Crippen molar-refractivity contribution < 1.29 is 28.6 Å². The minimum atomic E-state index is -0.767. The van der Waals surface area contributed by atoms with Crippen LogP contribution in [0.3, 0.4) is 0 Å². The van der Waals surface area contributed by atoms with Crippen LogP contribution in [0.5, 0.6) is 0 Å². The molecule has 0 saturated carbocycles. The molecule has 6 nitrogen and oxygen atoms in total. The lowest BCUT2D eigenvalue weighted by molar-refractivity contribution is -0.167. The molecule has 0 bridgehead atoms. The van der Waals surface area contributed by atoms with Crippen molar-refractivity contribution in [3.63, 3.8) is 0 Å². The first-order chi connectivity index (χ1) is 32.0. The van der Waals surface area contributed by atoms with E-state index in [9.17, 15) is 14.4 Å². The number of hydrogen-bond donors (Lipinski definition) is 0. The SMILES string of the molecule is CCCCCCC/C=C\CCCCCCCC(=O)OCC(COC(=O)CCCCCCCCCCCCCCCCCCC)OC(=O)CCCCCCCCCCCCCCCCCC. The minimum absolute atomic E-state index is 0.0664. The summed E-state index contributed by atoms with van der Waals surface area (Å²) < 4.78 is 16.9. The third kappa shape index (κ3) is 53.0. The van der Waals surface area contributed by atoms with Gasteiger partial charge in [0.15, 0.2) is 6.10 Å². The van der Waals surface area contributed by atoms with Crippen molar-refractivity contribution in [1.29, 1.82) is 0 Å². The van der Waals surface area contributed by atoms with Crippen LogP contribution >= 0.6 is 0 Å². The van der Waals surface area contributed by atoms with E-state index in [1.54, 1.807) is 0 Å². The van der Waals surface area contributed by atoms with E-state index in [1.807, 2.05) is 0 Å². The average molecular weight is 918 g/mol. The predicted molar refractivity (Wildman–Crippen MR) is 280 cm³/mol. The molecule has 0 rings (SSSR count). The van der Waals surface area contributed by atoms with Gasteiger partial charge < -0.3 is 14.2 Å². The first kappa shape index (κ1) is 63.1. The van der Waals surface area contributed by atoms with Crippen molar-refractivity contribution in [3.8, 4) is 0 Å². The summed E-state index contributed by atoms with van der Waals surface area (Å²) in [5, 5.41) is 0. The van der Waals surface area contributed by atoms with Gasteiger partial charge in [0.05, 0.1) is 0 Å². The second-order valence-electron chi connectivity index (χ2n) is 19.9. The third-order valence-electron chi connectivity index (χ3n) is 13.3. The Kier molecular flexibility index (Phi) is 53.2. The van der Waals surface area contributed by atoms with Crippen LogP contribution in [-0.2, 0) is 28.6 Å². The molecule has 0 amide bonds. The average Bonchev–Trinajstić information content (AvgIpc) is 3.30. The first-order valence-corrected chi connectivity index (χ1v) is 29.2. The Morgan fingerprint density at radius 2 is 0.508 bits per heavy atom. The van der Waals surface area contributed by atoms with Crippen LogP contribution in [0.4, 0.5) is 0 Å². The molecule has 65 heavy (non-hydrogen) atoms. The molecule has 0 fully saturated rings. The molecular formula is C59H112O6. The van der Waals surface area contributed by atoms with Crippen LogP contribution in [0.25, 0.3) is 0 Å². The van der Waals surface area contributed by atoms with Gasteiger partial charge in [0, 0.05) is 19.3 Å². The Labute approximate surface area is 405 Å². The Morgan fingerprint density at radius 3 is 0.769 bits per heavy atom. The highest BCUT2D eigenvalue weighted by molar-refractivity contribution is 5.71. The van der Waals surface area contributed by atoms with Crippen molar-refractivity contribution in [3.05, 3.63) is 12.2 Å². The monoisotopic (exact) mass is 917 g/mol. The molecule has 0 aliphatic rings. The van der Waals surface area contributed by atoms with Gasteiger partial charge in [0.1, 0.15) is 13.2 Å². The summed E-state index contributed by atoms with van der Waals surface area (Å²) in [4.78, 5) is 38.1. The number of esters is 3. The van der Waals surface area contributed by atoms with Crippen molar-refractivity contribution in [2.45, 2.75) is 335 Å². The number of hydrogen-bond acceptors (Lipinski definition) is 6. The van der Waals surface area contributed by atoms with Crippen molar-refractivity contribution >= 4 is 17.9 Å². The largest absolute Gasteiger partial charge is 0.462 e. The minimum Gasteiger partial charge on any atom is -0.462 e. The zero-order valence-electron chi connectivity index (χ0n) is 44.0. The highest BCUT2D eigenvalue weighted by Gasteiger charge is 2.19. The molecule has 6 heteroatoms. The third-order valence-corrected chi connectivity index (χ3v) is 13.3. The topological polar surface area (TPSA) is 78.9 Å². The van der Waals surface area contributed by atoms with Gasteiger partial charge in [-0.2, -0.15) is 0 Å². The number of rotatable bonds is 54. The zero-order chi connectivity index (χ0) is 47.2. The van der Waals surface area contributed by atoms with Gasteiger partial charge >= 0.3 is 17.9 Å². The van der Waals surface area contributed by atoms with E-state index in [-0.39, 0.29) is 31.1 Å². The fraction of sp³-hybridized carbons (Fsp3) is 0.915. The van der Waals surface area contributed by atoms with E-state index in [0.29, 0.717) is 19.3 Å². The number of carbonyl (C=O) groups excluding carboxylic acids is 3. The fourth-order valence-corrected chi connectivity index (χ4v) is 8.85. The molecule has 1 unspecified atom stereocenters. The Balaban J connectivity index is 4.31. The van der Waals surface area contributed by atoms with E-state index < -0.39 is 6.10 Å². The highest BCUT2D eigenvalue weighted by atomic mass is 16.6.